The molecule has 0 radical (unpaired) electrons. The molecular formula is C16H17N5O2. The maximum atomic E-state index is 5.37. The van der Waals surface area contributed by atoms with E-state index in [1.165, 1.54) is 0 Å². The third-order valence-electron chi connectivity index (χ3n) is 3.95. The first-order valence-corrected chi connectivity index (χ1v) is 7.75. The predicted octanol–water partition coefficient (Wildman–Crippen LogP) is 2.34. The zero-order valence-electron chi connectivity index (χ0n) is 12.6. The molecule has 0 saturated carbocycles. The Morgan fingerprint density at radius 3 is 2.74 bits per heavy atom. The highest BCUT2D eigenvalue weighted by Gasteiger charge is 2.20. The number of aromatic amines is 1. The molecule has 0 aliphatic carbocycles. The van der Waals surface area contributed by atoms with Gasteiger partial charge in [0.25, 0.3) is 0 Å². The Balaban J connectivity index is 1.46. The molecule has 23 heavy (non-hydrogen) atoms. The van der Waals surface area contributed by atoms with Crippen molar-refractivity contribution in [2.24, 2.45) is 0 Å². The monoisotopic (exact) mass is 311 g/mol. The van der Waals surface area contributed by atoms with Crippen molar-refractivity contribution in [2.45, 2.75) is 25.2 Å². The van der Waals surface area contributed by atoms with Gasteiger partial charge in [0.05, 0.1) is 6.42 Å². The van der Waals surface area contributed by atoms with Gasteiger partial charge in [-0.3, -0.25) is 5.10 Å². The second-order valence-corrected chi connectivity index (χ2v) is 5.58. The van der Waals surface area contributed by atoms with E-state index in [2.05, 4.69) is 25.3 Å². The molecule has 1 fully saturated rings. The Kier molecular flexibility index (Phi) is 3.85. The molecule has 1 aromatic carbocycles. The van der Waals surface area contributed by atoms with Gasteiger partial charge in [0.1, 0.15) is 5.82 Å². The molecule has 0 spiro atoms. The molecule has 1 saturated heterocycles. The van der Waals surface area contributed by atoms with E-state index in [1.54, 1.807) is 0 Å². The second kappa shape index (κ2) is 6.29. The highest BCUT2D eigenvalue weighted by atomic mass is 16.5. The molecule has 0 unspecified atom stereocenters. The van der Waals surface area contributed by atoms with Gasteiger partial charge >= 0.3 is 0 Å². The van der Waals surface area contributed by atoms with Crippen LogP contribution < -0.4 is 0 Å². The normalized spacial score (nSPS) is 15.8. The Morgan fingerprint density at radius 2 is 1.91 bits per heavy atom. The molecule has 7 nitrogen and oxygen atoms in total. The van der Waals surface area contributed by atoms with E-state index in [0.29, 0.717) is 24.1 Å². The van der Waals surface area contributed by atoms with Gasteiger partial charge in [-0.25, -0.2) is 4.98 Å². The maximum Gasteiger partial charge on any atom is 0.234 e. The molecule has 1 aliphatic heterocycles. The van der Waals surface area contributed by atoms with Crippen molar-refractivity contribution in [3.63, 3.8) is 0 Å². The number of hydrogen-bond donors (Lipinski definition) is 1. The molecule has 0 amide bonds. The molecule has 3 heterocycles. The number of hydrogen-bond acceptors (Lipinski definition) is 6. The van der Waals surface area contributed by atoms with Gasteiger partial charge in [0, 0.05) is 24.7 Å². The summed E-state index contributed by atoms with van der Waals surface area (Å²) in [7, 11) is 0. The number of nitrogens with one attached hydrogen (secondary N) is 1. The van der Waals surface area contributed by atoms with Crippen LogP contribution in [0.5, 0.6) is 0 Å². The van der Waals surface area contributed by atoms with Crippen LogP contribution in [0.4, 0.5) is 0 Å². The summed E-state index contributed by atoms with van der Waals surface area (Å²) in [5.41, 5.74) is 0.933. The fraction of sp³-hybridized carbons (Fsp3) is 0.375. The van der Waals surface area contributed by atoms with Crippen LogP contribution in [-0.2, 0) is 11.2 Å². The van der Waals surface area contributed by atoms with E-state index in [0.717, 1.165) is 43.3 Å². The van der Waals surface area contributed by atoms with Gasteiger partial charge < -0.3 is 9.26 Å². The molecule has 118 valence electrons. The molecule has 4 rings (SSSR count). The first-order chi connectivity index (χ1) is 11.4. The van der Waals surface area contributed by atoms with E-state index in [9.17, 15) is 0 Å². The number of aromatic nitrogens is 5. The minimum absolute atomic E-state index is 0.372. The predicted molar refractivity (Wildman–Crippen MR) is 81.7 cm³/mol. The number of H-pyrrole nitrogens is 1. The Hall–Kier alpha value is -2.54. The third kappa shape index (κ3) is 3.14. The summed E-state index contributed by atoms with van der Waals surface area (Å²) in [6, 6.07) is 9.75. The van der Waals surface area contributed by atoms with E-state index < -0.39 is 0 Å². The smallest absolute Gasteiger partial charge is 0.234 e. The molecule has 7 heteroatoms. The SMILES string of the molecule is c1ccc(-c2noc(Cc3nc(C4CCOCC4)n[nH]3)n2)cc1. The van der Waals surface area contributed by atoms with Crippen LogP contribution in [0.15, 0.2) is 34.9 Å². The lowest BCUT2D eigenvalue weighted by Crippen LogP contribution is -2.15. The quantitative estimate of drug-likeness (QED) is 0.795. The van der Waals surface area contributed by atoms with Gasteiger partial charge in [-0.05, 0) is 12.8 Å². The molecule has 2 aromatic heterocycles. The summed E-state index contributed by atoms with van der Waals surface area (Å²) in [6.07, 6.45) is 2.39. The van der Waals surface area contributed by atoms with Crippen LogP contribution in [0, 0.1) is 0 Å². The zero-order chi connectivity index (χ0) is 15.5. The van der Waals surface area contributed by atoms with Crippen molar-refractivity contribution in [3.05, 3.63) is 47.9 Å². The van der Waals surface area contributed by atoms with Crippen LogP contribution in [0.2, 0.25) is 0 Å². The molecular weight excluding hydrogens is 294 g/mol. The fourth-order valence-corrected chi connectivity index (χ4v) is 2.70. The number of ether oxygens (including phenoxy) is 1. The fourth-order valence-electron chi connectivity index (χ4n) is 2.70. The topological polar surface area (TPSA) is 89.7 Å². The average Bonchev–Trinajstić information content (AvgIpc) is 3.27. The number of nitrogens with zero attached hydrogens (tertiary/aromatic N) is 4. The van der Waals surface area contributed by atoms with Gasteiger partial charge in [0.15, 0.2) is 5.82 Å². The van der Waals surface area contributed by atoms with Gasteiger partial charge in [0.2, 0.25) is 11.7 Å². The van der Waals surface area contributed by atoms with Gasteiger partial charge in [-0.15, -0.1) is 0 Å². The lowest BCUT2D eigenvalue weighted by molar-refractivity contribution is 0.0836. The molecule has 0 bridgehead atoms. The maximum absolute atomic E-state index is 5.37. The van der Waals surface area contributed by atoms with E-state index in [-0.39, 0.29) is 0 Å². The number of rotatable bonds is 4. The van der Waals surface area contributed by atoms with Crippen LogP contribution in [0.1, 0.15) is 36.3 Å². The minimum Gasteiger partial charge on any atom is -0.381 e. The zero-order valence-corrected chi connectivity index (χ0v) is 12.6. The summed E-state index contributed by atoms with van der Waals surface area (Å²) < 4.78 is 10.7. The molecule has 1 aliphatic rings. The summed E-state index contributed by atoms with van der Waals surface area (Å²) in [4.78, 5) is 8.97. The van der Waals surface area contributed by atoms with Crippen LogP contribution in [0.25, 0.3) is 11.4 Å². The van der Waals surface area contributed by atoms with Crippen molar-refractivity contribution < 1.29 is 9.26 Å². The van der Waals surface area contributed by atoms with E-state index >= 15 is 0 Å². The first-order valence-electron chi connectivity index (χ1n) is 7.75. The van der Waals surface area contributed by atoms with Crippen LogP contribution >= 0.6 is 0 Å². The lowest BCUT2D eigenvalue weighted by Gasteiger charge is -2.18. The van der Waals surface area contributed by atoms with Crippen molar-refractivity contribution in [1.82, 2.24) is 25.3 Å². The minimum atomic E-state index is 0.372. The third-order valence-corrected chi connectivity index (χ3v) is 3.95. The van der Waals surface area contributed by atoms with Crippen molar-refractivity contribution in [2.75, 3.05) is 13.2 Å². The van der Waals surface area contributed by atoms with Crippen molar-refractivity contribution in [1.29, 1.82) is 0 Å². The summed E-state index contributed by atoms with van der Waals surface area (Å²) in [5, 5.41) is 11.3. The highest BCUT2D eigenvalue weighted by Crippen LogP contribution is 2.24. The van der Waals surface area contributed by atoms with E-state index in [4.69, 9.17) is 9.26 Å². The average molecular weight is 311 g/mol. The molecule has 1 N–H and O–H groups in total. The van der Waals surface area contributed by atoms with Gasteiger partial charge in [-0.1, -0.05) is 35.5 Å². The first kappa shape index (κ1) is 14.1. The highest BCUT2D eigenvalue weighted by molar-refractivity contribution is 5.53. The summed E-state index contributed by atoms with van der Waals surface area (Å²) >= 11 is 0. The number of benzene rings is 1. The summed E-state index contributed by atoms with van der Waals surface area (Å²) in [6.45, 7) is 1.55. The van der Waals surface area contributed by atoms with Crippen LogP contribution in [-0.4, -0.2) is 38.5 Å². The lowest BCUT2D eigenvalue weighted by atomic mass is 10.00. The van der Waals surface area contributed by atoms with Crippen molar-refractivity contribution >= 4 is 0 Å². The van der Waals surface area contributed by atoms with Crippen molar-refractivity contribution in [3.8, 4) is 11.4 Å². The largest absolute Gasteiger partial charge is 0.381 e. The summed E-state index contributed by atoms with van der Waals surface area (Å²) in [5.74, 6) is 3.08. The Labute approximate surface area is 133 Å². The second-order valence-electron chi connectivity index (χ2n) is 5.58. The van der Waals surface area contributed by atoms with Crippen LogP contribution in [0.3, 0.4) is 0 Å². The molecule has 0 atom stereocenters. The van der Waals surface area contributed by atoms with Gasteiger partial charge in [-0.2, -0.15) is 10.1 Å². The standard InChI is InChI=1S/C16H17N5O2/c1-2-4-11(5-3-1)16-18-14(23-21-16)10-13-17-15(20-19-13)12-6-8-22-9-7-12/h1-5,12H,6-10H2,(H,17,19,20). The Morgan fingerprint density at radius 1 is 1.09 bits per heavy atom. The Bertz CT molecular complexity index is 762. The van der Waals surface area contributed by atoms with E-state index in [1.807, 2.05) is 30.3 Å². The molecule has 3 aromatic rings.